The minimum absolute atomic E-state index is 0.0643. The Bertz CT molecular complexity index is 631. The van der Waals surface area contributed by atoms with Crippen LogP contribution < -0.4 is 0 Å². The fourth-order valence-corrected chi connectivity index (χ4v) is 3.26. The van der Waals surface area contributed by atoms with Crippen molar-refractivity contribution in [2.45, 2.75) is 19.0 Å². The largest absolute Gasteiger partial charge is 0.273 e. The highest BCUT2D eigenvalue weighted by Gasteiger charge is 2.46. The van der Waals surface area contributed by atoms with Crippen molar-refractivity contribution in [3.63, 3.8) is 0 Å². The molecule has 0 bridgehead atoms. The molecule has 0 aromatic heterocycles. The number of hydrogen-bond donors (Lipinski definition) is 0. The summed E-state index contributed by atoms with van der Waals surface area (Å²) in [4.78, 5) is 0. The van der Waals surface area contributed by atoms with Gasteiger partial charge in [-0.25, -0.2) is 0 Å². The quantitative estimate of drug-likeness (QED) is 0.817. The summed E-state index contributed by atoms with van der Waals surface area (Å²) < 4.78 is 0. The van der Waals surface area contributed by atoms with Gasteiger partial charge < -0.3 is 0 Å². The smallest absolute Gasteiger partial charge is 0.170 e. The maximum absolute atomic E-state index is 6.67. The molecule has 4 rings (SSSR count). The van der Waals surface area contributed by atoms with Gasteiger partial charge in [0.15, 0.2) is 6.17 Å². The van der Waals surface area contributed by atoms with Gasteiger partial charge in [-0.2, -0.15) is 15.3 Å². The van der Waals surface area contributed by atoms with Gasteiger partial charge in [-0.05, 0) is 18.8 Å². The Kier molecular flexibility index (Phi) is 2.67. The molecule has 1 aliphatic carbocycles. The Labute approximate surface area is 122 Å². The second-order valence-corrected chi connectivity index (χ2v) is 5.95. The Morgan fingerprint density at radius 1 is 1.20 bits per heavy atom. The van der Waals surface area contributed by atoms with Gasteiger partial charge in [0.2, 0.25) is 0 Å². The predicted molar refractivity (Wildman–Crippen MR) is 79.3 cm³/mol. The van der Waals surface area contributed by atoms with E-state index >= 15 is 0 Å². The molecule has 3 aliphatic rings. The van der Waals surface area contributed by atoms with E-state index in [0.29, 0.717) is 5.92 Å². The number of azo groups is 1. The van der Waals surface area contributed by atoms with E-state index in [1.165, 1.54) is 18.6 Å². The molecule has 4 nitrogen and oxygen atoms in total. The lowest BCUT2D eigenvalue weighted by atomic mass is 9.93. The summed E-state index contributed by atoms with van der Waals surface area (Å²) in [5, 5.41) is 16.1. The zero-order valence-corrected chi connectivity index (χ0v) is 12.0. The summed E-state index contributed by atoms with van der Waals surface area (Å²) in [6, 6.07) is 10.0. The molecular weight excluding hydrogens is 272 g/mol. The zero-order chi connectivity index (χ0) is 13.7. The minimum Gasteiger partial charge on any atom is -0.273 e. The molecule has 1 aromatic carbocycles. The van der Waals surface area contributed by atoms with E-state index in [0.717, 1.165) is 16.3 Å². The number of benzene rings is 1. The van der Waals surface area contributed by atoms with E-state index in [4.69, 9.17) is 11.6 Å². The normalized spacial score (nSPS) is 28.7. The van der Waals surface area contributed by atoms with Crippen LogP contribution in [-0.2, 0) is 0 Å². The molecule has 5 heteroatoms. The van der Waals surface area contributed by atoms with E-state index in [9.17, 15) is 0 Å². The summed E-state index contributed by atoms with van der Waals surface area (Å²) in [6.45, 7) is 0. The van der Waals surface area contributed by atoms with Crippen LogP contribution in [0.15, 0.2) is 50.7 Å². The van der Waals surface area contributed by atoms with Crippen molar-refractivity contribution in [3.05, 3.63) is 40.9 Å². The standard InChI is InChI=1S/C15H15ClN4/c1-20-15-11(13(19-20)10-7-8-10)12(16)14(17-18-15)9-5-3-2-4-6-9/h2-6,10-11,15H,7-8H2,1H3. The van der Waals surface area contributed by atoms with Crippen molar-refractivity contribution in [3.8, 4) is 0 Å². The van der Waals surface area contributed by atoms with Crippen LogP contribution in [0.2, 0.25) is 0 Å². The Morgan fingerprint density at radius 2 is 1.95 bits per heavy atom. The van der Waals surface area contributed by atoms with Gasteiger partial charge in [0.05, 0.1) is 16.7 Å². The van der Waals surface area contributed by atoms with Crippen LogP contribution in [0, 0.1) is 11.8 Å². The Balaban J connectivity index is 1.77. The third-order valence-corrected chi connectivity index (χ3v) is 4.51. The van der Waals surface area contributed by atoms with Gasteiger partial charge in [0, 0.05) is 12.6 Å². The van der Waals surface area contributed by atoms with Gasteiger partial charge in [0.1, 0.15) is 5.70 Å². The second kappa shape index (κ2) is 4.42. The summed E-state index contributed by atoms with van der Waals surface area (Å²) in [7, 11) is 1.95. The summed E-state index contributed by atoms with van der Waals surface area (Å²) in [5.41, 5.74) is 3.00. The van der Waals surface area contributed by atoms with Gasteiger partial charge in [0.25, 0.3) is 0 Å². The lowest BCUT2D eigenvalue weighted by Crippen LogP contribution is -2.31. The number of fused-ring (bicyclic) bond motifs is 1. The molecule has 1 aromatic rings. The van der Waals surface area contributed by atoms with Crippen molar-refractivity contribution in [2.24, 2.45) is 27.2 Å². The van der Waals surface area contributed by atoms with Crippen molar-refractivity contribution in [1.29, 1.82) is 0 Å². The first kappa shape index (κ1) is 12.1. The third kappa shape index (κ3) is 1.79. The Morgan fingerprint density at radius 3 is 2.65 bits per heavy atom. The van der Waals surface area contributed by atoms with Crippen molar-refractivity contribution in [2.75, 3.05) is 7.05 Å². The van der Waals surface area contributed by atoms with E-state index in [1.807, 2.05) is 42.4 Å². The SMILES string of the molecule is CN1N=C(C2CC2)C2C(Cl)=C(c3ccccc3)N=NC21. The number of hydrazone groups is 1. The van der Waals surface area contributed by atoms with Crippen LogP contribution in [0.5, 0.6) is 0 Å². The van der Waals surface area contributed by atoms with E-state index in [1.54, 1.807) is 0 Å². The Hall–Kier alpha value is -1.68. The number of nitrogens with zero attached hydrogens (tertiary/aromatic N) is 4. The van der Waals surface area contributed by atoms with Crippen LogP contribution in [0.25, 0.3) is 5.70 Å². The van der Waals surface area contributed by atoms with E-state index < -0.39 is 0 Å². The molecule has 1 saturated carbocycles. The fourth-order valence-electron chi connectivity index (χ4n) is 2.89. The number of rotatable bonds is 2. The predicted octanol–water partition coefficient (Wildman–Crippen LogP) is 3.71. The minimum atomic E-state index is -0.0643. The van der Waals surface area contributed by atoms with Crippen molar-refractivity contribution in [1.82, 2.24) is 5.01 Å². The molecule has 2 heterocycles. The average molecular weight is 287 g/mol. The van der Waals surface area contributed by atoms with E-state index in [-0.39, 0.29) is 12.1 Å². The molecule has 0 N–H and O–H groups in total. The van der Waals surface area contributed by atoms with Gasteiger partial charge in [-0.15, -0.1) is 0 Å². The molecule has 2 unspecified atom stereocenters. The maximum atomic E-state index is 6.67. The highest BCUT2D eigenvalue weighted by molar-refractivity contribution is 6.35. The molecule has 20 heavy (non-hydrogen) atoms. The molecule has 102 valence electrons. The highest BCUT2D eigenvalue weighted by atomic mass is 35.5. The first-order valence-electron chi connectivity index (χ1n) is 6.93. The van der Waals surface area contributed by atoms with Crippen LogP contribution in [-0.4, -0.2) is 23.9 Å². The third-order valence-electron chi connectivity index (χ3n) is 4.09. The molecule has 0 saturated heterocycles. The van der Waals surface area contributed by atoms with Gasteiger partial charge >= 0.3 is 0 Å². The van der Waals surface area contributed by atoms with Gasteiger partial charge in [-0.1, -0.05) is 41.9 Å². The topological polar surface area (TPSA) is 40.3 Å². The van der Waals surface area contributed by atoms with E-state index in [2.05, 4.69) is 15.3 Å². The summed E-state index contributed by atoms with van der Waals surface area (Å²) in [5.74, 6) is 0.674. The number of halogens is 1. The summed E-state index contributed by atoms with van der Waals surface area (Å²) >= 11 is 6.67. The number of hydrogen-bond acceptors (Lipinski definition) is 4. The summed E-state index contributed by atoms with van der Waals surface area (Å²) in [6.07, 6.45) is 2.38. The van der Waals surface area contributed by atoms with Crippen molar-refractivity contribution >= 4 is 23.0 Å². The molecule has 0 spiro atoms. The lowest BCUT2D eigenvalue weighted by molar-refractivity contribution is 0.258. The maximum Gasteiger partial charge on any atom is 0.170 e. The molecule has 2 atom stereocenters. The highest BCUT2D eigenvalue weighted by Crippen LogP contribution is 2.46. The fraction of sp³-hybridized carbons (Fsp3) is 0.400. The zero-order valence-electron chi connectivity index (χ0n) is 11.2. The monoisotopic (exact) mass is 286 g/mol. The van der Waals surface area contributed by atoms with Crippen LogP contribution >= 0.6 is 11.6 Å². The van der Waals surface area contributed by atoms with Crippen LogP contribution in [0.1, 0.15) is 18.4 Å². The van der Waals surface area contributed by atoms with Gasteiger partial charge in [-0.3, -0.25) is 5.01 Å². The van der Waals surface area contributed by atoms with Crippen LogP contribution in [0.4, 0.5) is 0 Å². The first-order valence-corrected chi connectivity index (χ1v) is 7.30. The molecule has 0 amide bonds. The lowest BCUT2D eigenvalue weighted by Gasteiger charge is -2.25. The molecule has 2 aliphatic heterocycles. The average Bonchev–Trinajstić information content (AvgIpc) is 3.25. The molecule has 0 radical (unpaired) electrons. The molecular formula is C15H15ClN4. The second-order valence-electron chi connectivity index (χ2n) is 5.54. The first-order chi connectivity index (χ1) is 9.75. The van der Waals surface area contributed by atoms with Crippen molar-refractivity contribution < 1.29 is 0 Å². The van der Waals surface area contributed by atoms with Crippen LogP contribution in [0.3, 0.4) is 0 Å². The molecule has 1 fully saturated rings.